The zero-order chi connectivity index (χ0) is 20.4. The Morgan fingerprint density at radius 2 is 1.83 bits per heavy atom. The van der Waals surface area contributed by atoms with E-state index in [4.69, 9.17) is 0 Å². The van der Waals surface area contributed by atoms with E-state index in [2.05, 4.69) is 31.3 Å². The zero-order valence-corrected chi connectivity index (χ0v) is 17.3. The molecule has 1 N–H and O–H groups in total. The van der Waals surface area contributed by atoms with Gasteiger partial charge in [-0.15, -0.1) is 0 Å². The van der Waals surface area contributed by atoms with Crippen molar-refractivity contribution >= 4 is 38.6 Å². The van der Waals surface area contributed by atoms with Crippen LogP contribution in [0.3, 0.4) is 0 Å². The van der Waals surface area contributed by atoms with Crippen molar-refractivity contribution in [2.75, 3.05) is 5.32 Å². The van der Waals surface area contributed by atoms with Gasteiger partial charge in [-0.1, -0.05) is 34.1 Å². The summed E-state index contributed by atoms with van der Waals surface area (Å²) in [5.74, 6) is 0.371. The molecule has 0 radical (unpaired) electrons. The second-order valence-electron chi connectivity index (χ2n) is 6.55. The highest BCUT2D eigenvalue weighted by molar-refractivity contribution is 9.10. The number of nitrogens with zero attached hydrogens (tertiary/aromatic N) is 4. The van der Waals surface area contributed by atoms with E-state index in [0.717, 1.165) is 10.2 Å². The lowest BCUT2D eigenvalue weighted by Gasteiger charge is -2.10. The Balaban J connectivity index is 1.56. The minimum atomic E-state index is -0.203. The molecule has 0 saturated carbocycles. The molecule has 29 heavy (non-hydrogen) atoms. The molecular formula is C21H18BrN5O2. The average molecular weight is 452 g/mol. The number of carbonyl (C=O) groups is 1. The van der Waals surface area contributed by atoms with Crippen LogP contribution in [-0.4, -0.2) is 25.2 Å². The first-order valence-corrected chi connectivity index (χ1v) is 9.88. The Kier molecular flexibility index (Phi) is 5.26. The fourth-order valence-electron chi connectivity index (χ4n) is 3.10. The third-order valence-corrected chi connectivity index (χ3v) is 5.10. The summed E-state index contributed by atoms with van der Waals surface area (Å²) in [6, 6.07) is 16.9. The van der Waals surface area contributed by atoms with Crippen LogP contribution in [-0.2, 0) is 11.3 Å². The number of nitrogens with one attached hydrogen (secondary N) is 1. The van der Waals surface area contributed by atoms with Gasteiger partial charge in [-0.25, -0.2) is 9.67 Å². The average Bonchev–Trinajstić information content (AvgIpc) is 3.14. The van der Waals surface area contributed by atoms with Crippen molar-refractivity contribution in [3.8, 4) is 5.69 Å². The molecule has 4 rings (SSSR count). The molecule has 2 aromatic carbocycles. The molecule has 0 aliphatic rings. The number of aromatic nitrogens is 4. The first-order valence-electron chi connectivity index (χ1n) is 9.09. The number of hydrogen-bond donors (Lipinski definition) is 1. The van der Waals surface area contributed by atoms with Gasteiger partial charge >= 0.3 is 0 Å². The van der Waals surface area contributed by atoms with E-state index < -0.39 is 0 Å². The van der Waals surface area contributed by atoms with Crippen LogP contribution in [0.1, 0.15) is 12.2 Å². The maximum atomic E-state index is 12.9. The smallest absolute Gasteiger partial charge is 0.264 e. The van der Waals surface area contributed by atoms with Crippen LogP contribution in [0.25, 0.3) is 16.7 Å². The number of fused-ring (bicyclic) bond motifs is 1. The highest BCUT2D eigenvalue weighted by Gasteiger charge is 2.15. The number of amides is 1. The number of aryl methyl sites for hydroxylation is 1. The topological polar surface area (TPSA) is 81.8 Å². The van der Waals surface area contributed by atoms with Crippen molar-refractivity contribution < 1.29 is 4.79 Å². The molecular weight excluding hydrogens is 434 g/mol. The molecule has 0 bridgehead atoms. The molecule has 2 aromatic heterocycles. The van der Waals surface area contributed by atoms with Gasteiger partial charge in [0.05, 0.1) is 11.9 Å². The molecule has 2 heterocycles. The molecule has 0 unspecified atom stereocenters. The number of anilines is 1. The van der Waals surface area contributed by atoms with Crippen molar-refractivity contribution in [1.29, 1.82) is 0 Å². The minimum Gasteiger partial charge on any atom is -0.326 e. The number of benzene rings is 2. The quantitative estimate of drug-likeness (QED) is 0.501. The number of hydrogen-bond acceptors (Lipinski definition) is 4. The fraction of sp³-hybridized carbons (Fsp3) is 0.143. The minimum absolute atomic E-state index is 0.164. The molecule has 146 valence electrons. The van der Waals surface area contributed by atoms with Crippen molar-refractivity contribution in [3.05, 3.63) is 81.4 Å². The second-order valence-corrected chi connectivity index (χ2v) is 7.47. The summed E-state index contributed by atoms with van der Waals surface area (Å²) in [5.41, 5.74) is 1.85. The summed E-state index contributed by atoms with van der Waals surface area (Å²) in [7, 11) is 0. The van der Waals surface area contributed by atoms with Gasteiger partial charge in [0.25, 0.3) is 5.56 Å². The van der Waals surface area contributed by atoms with Crippen molar-refractivity contribution in [1.82, 2.24) is 19.3 Å². The van der Waals surface area contributed by atoms with Gasteiger partial charge < -0.3 is 5.32 Å². The highest BCUT2D eigenvalue weighted by atomic mass is 79.9. The van der Waals surface area contributed by atoms with E-state index in [1.165, 1.54) is 10.8 Å². The summed E-state index contributed by atoms with van der Waals surface area (Å²) >= 11 is 3.36. The summed E-state index contributed by atoms with van der Waals surface area (Å²) in [6.45, 7) is 2.00. The monoisotopic (exact) mass is 451 g/mol. The number of halogens is 1. The van der Waals surface area contributed by atoms with Gasteiger partial charge in [0.1, 0.15) is 11.2 Å². The molecule has 7 nitrogen and oxygen atoms in total. The van der Waals surface area contributed by atoms with E-state index in [-0.39, 0.29) is 24.4 Å². The predicted molar refractivity (Wildman–Crippen MR) is 115 cm³/mol. The van der Waals surface area contributed by atoms with Crippen LogP contribution in [0, 0.1) is 6.92 Å². The van der Waals surface area contributed by atoms with Gasteiger partial charge in [0.15, 0.2) is 5.65 Å². The molecule has 0 atom stereocenters. The molecule has 4 aromatic rings. The molecule has 0 aliphatic heterocycles. The Bertz CT molecular complexity index is 1230. The van der Waals surface area contributed by atoms with Crippen LogP contribution in [0.15, 0.2) is 70.1 Å². The largest absolute Gasteiger partial charge is 0.326 e. The normalized spacial score (nSPS) is 11.0. The second kappa shape index (κ2) is 8.00. The summed E-state index contributed by atoms with van der Waals surface area (Å²) < 4.78 is 4.10. The summed E-state index contributed by atoms with van der Waals surface area (Å²) in [6.07, 6.45) is 1.69. The Labute approximate surface area is 175 Å². The van der Waals surface area contributed by atoms with E-state index in [1.807, 2.05) is 54.6 Å². The molecule has 8 heteroatoms. The first kappa shape index (κ1) is 19.1. The van der Waals surface area contributed by atoms with Crippen LogP contribution < -0.4 is 10.9 Å². The van der Waals surface area contributed by atoms with Crippen LogP contribution >= 0.6 is 15.9 Å². The molecule has 1 amide bonds. The van der Waals surface area contributed by atoms with Gasteiger partial charge in [0, 0.05) is 23.1 Å². The summed E-state index contributed by atoms with van der Waals surface area (Å²) in [4.78, 5) is 29.8. The van der Waals surface area contributed by atoms with E-state index >= 15 is 0 Å². The molecule has 0 saturated heterocycles. The molecule has 0 spiro atoms. The van der Waals surface area contributed by atoms with E-state index in [9.17, 15) is 9.59 Å². The van der Waals surface area contributed by atoms with Gasteiger partial charge in [-0.2, -0.15) is 5.10 Å². The Morgan fingerprint density at radius 1 is 1.10 bits per heavy atom. The number of rotatable bonds is 5. The predicted octanol–water partition coefficient (Wildman–Crippen LogP) is 3.68. The van der Waals surface area contributed by atoms with Gasteiger partial charge in [0.2, 0.25) is 5.91 Å². The highest BCUT2D eigenvalue weighted by Crippen LogP contribution is 2.16. The van der Waals surface area contributed by atoms with Crippen molar-refractivity contribution in [3.63, 3.8) is 0 Å². The standard InChI is InChI=1S/C21H18BrN5O2/c1-14-24-20-18(13-23-27(20)17-5-3-2-4-6-17)21(29)26(14)12-11-19(28)25-16-9-7-15(22)8-10-16/h2-10,13H,11-12H2,1H3,(H,25,28). The van der Waals surface area contributed by atoms with E-state index in [0.29, 0.717) is 22.5 Å². The molecule has 0 fully saturated rings. The lowest BCUT2D eigenvalue weighted by molar-refractivity contribution is -0.116. The third-order valence-electron chi connectivity index (χ3n) is 4.57. The lowest BCUT2D eigenvalue weighted by Crippen LogP contribution is -2.26. The third kappa shape index (κ3) is 3.97. The SMILES string of the molecule is Cc1nc2c(cnn2-c2ccccc2)c(=O)n1CCC(=O)Nc1ccc(Br)cc1. The van der Waals surface area contributed by atoms with Gasteiger partial charge in [-0.05, 0) is 43.3 Å². The maximum absolute atomic E-state index is 12.9. The maximum Gasteiger partial charge on any atom is 0.264 e. The number of carbonyl (C=O) groups excluding carboxylic acids is 1. The fourth-order valence-corrected chi connectivity index (χ4v) is 3.36. The lowest BCUT2D eigenvalue weighted by atomic mass is 10.3. The Morgan fingerprint density at radius 3 is 2.55 bits per heavy atom. The first-order chi connectivity index (χ1) is 14.0. The summed E-state index contributed by atoms with van der Waals surface area (Å²) in [5, 5.41) is 7.58. The van der Waals surface area contributed by atoms with Crippen molar-refractivity contribution in [2.45, 2.75) is 19.9 Å². The van der Waals surface area contributed by atoms with Crippen LogP contribution in [0.5, 0.6) is 0 Å². The van der Waals surface area contributed by atoms with Crippen LogP contribution in [0.2, 0.25) is 0 Å². The van der Waals surface area contributed by atoms with Gasteiger partial charge in [-0.3, -0.25) is 14.2 Å². The van der Waals surface area contributed by atoms with Crippen LogP contribution in [0.4, 0.5) is 5.69 Å². The Hall–Kier alpha value is -3.26. The molecule has 0 aliphatic carbocycles. The zero-order valence-electron chi connectivity index (χ0n) is 15.7. The van der Waals surface area contributed by atoms with Crippen molar-refractivity contribution in [2.24, 2.45) is 0 Å². The number of para-hydroxylation sites is 1. The van der Waals surface area contributed by atoms with E-state index in [1.54, 1.807) is 11.6 Å².